The first-order chi connectivity index (χ1) is 17.0. The molecule has 1 N–H and O–H groups in total. The summed E-state index contributed by atoms with van der Waals surface area (Å²) in [6, 6.07) is 33.9. The van der Waals surface area contributed by atoms with E-state index in [0.717, 1.165) is 5.69 Å². The molecule has 3 nitrogen and oxygen atoms in total. The quantitative estimate of drug-likeness (QED) is 0.265. The SMILES string of the molecule is Cc1cc(C(Nc2ccccc2Cl)c2c(-c3ccccc3)n(C)c3ccccc23)ccc1N(C)C. The third-order valence-corrected chi connectivity index (χ3v) is 7.02. The van der Waals surface area contributed by atoms with Crippen molar-refractivity contribution < 1.29 is 0 Å². The van der Waals surface area contributed by atoms with Gasteiger partial charge in [0.05, 0.1) is 22.4 Å². The second kappa shape index (κ2) is 9.52. The van der Waals surface area contributed by atoms with Gasteiger partial charge in [0.25, 0.3) is 0 Å². The normalized spacial score (nSPS) is 12.0. The van der Waals surface area contributed by atoms with Gasteiger partial charge in [-0.2, -0.15) is 0 Å². The van der Waals surface area contributed by atoms with Crippen molar-refractivity contribution in [3.63, 3.8) is 0 Å². The van der Waals surface area contributed by atoms with E-state index >= 15 is 0 Å². The van der Waals surface area contributed by atoms with Crippen molar-refractivity contribution in [3.8, 4) is 11.3 Å². The fourth-order valence-corrected chi connectivity index (χ4v) is 5.27. The molecular formula is C31H30ClN3. The Bertz CT molecular complexity index is 1480. The lowest BCUT2D eigenvalue weighted by Gasteiger charge is -2.25. The van der Waals surface area contributed by atoms with Crippen LogP contribution in [0.4, 0.5) is 11.4 Å². The van der Waals surface area contributed by atoms with Gasteiger partial charge in [0.2, 0.25) is 0 Å². The lowest BCUT2D eigenvalue weighted by atomic mass is 9.92. The van der Waals surface area contributed by atoms with Crippen LogP contribution in [0.1, 0.15) is 22.7 Å². The van der Waals surface area contributed by atoms with Gasteiger partial charge in [0.15, 0.2) is 0 Å². The first-order valence-corrected chi connectivity index (χ1v) is 12.2. The molecule has 0 radical (unpaired) electrons. The topological polar surface area (TPSA) is 20.2 Å². The first-order valence-electron chi connectivity index (χ1n) is 11.9. The van der Waals surface area contributed by atoms with E-state index in [1.807, 2.05) is 24.3 Å². The Morgan fingerprint density at radius 3 is 2.23 bits per heavy atom. The van der Waals surface area contributed by atoms with Crippen molar-refractivity contribution in [2.75, 3.05) is 24.3 Å². The number of para-hydroxylation sites is 2. The number of anilines is 2. The molecule has 1 unspecified atom stereocenters. The molecular weight excluding hydrogens is 450 g/mol. The summed E-state index contributed by atoms with van der Waals surface area (Å²) in [5, 5.41) is 5.75. The largest absolute Gasteiger partial charge is 0.377 e. The van der Waals surface area contributed by atoms with Gasteiger partial charge in [0.1, 0.15) is 0 Å². The highest BCUT2D eigenvalue weighted by Crippen LogP contribution is 2.42. The lowest BCUT2D eigenvalue weighted by Crippen LogP contribution is -2.15. The van der Waals surface area contributed by atoms with Crippen molar-refractivity contribution >= 4 is 33.9 Å². The zero-order chi connectivity index (χ0) is 24.5. The maximum absolute atomic E-state index is 6.65. The molecule has 0 aliphatic carbocycles. The predicted octanol–water partition coefficient (Wildman–Crippen LogP) is 8.07. The first kappa shape index (κ1) is 23.1. The van der Waals surface area contributed by atoms with Crippen LogP contribution >= 0.6 is 11.6 Å². The second-order valence-electron chi connectivity index (χ2n) is 9.20. The smallest absolute Gasteiger partial charge is 0.0795 e. The van der Waals surface area contributed by atoms with Crippen LogP contribution in [0.2, 0.25) is 5.02 Å². The summed E-state index contributed by atoms with van der Waals surface area (Å²) in [6.07, 6.45) is 0. The Morgan fingerprint density at radius 1 is 0.829 bits per heavy atom. The summed E-state index contributed by atoms with van der Waals surface area (Å²) in [5.41, 5.74) is 9.40. The molecule has 0 fully saturated rings. The molecule has 0 spiro atoms. The number of halogens is 1. The van der Waals surface area contributed by atoms with E-state index in [2.05, 4.69) is 116 Å². The maximum atomic E-state index is 6.65. The predicted molar refractivity (Wildman–Crippen MR) is 151 cm³/mol. The van der Waals surface area contributed by atoms with E-state index < -0.39 is 0 Å². The summed E-state index contributed by atoms with van der Waals surface area (Å²) in [5.74, 6) is 0. The van der Waals surface area contributed by atoms with Crippen molar-refractivity contribution in [3.05, 3.63) is 119 Å². The Balaban J connectivity index is 1.80. The molecule has 4 heteroatoms. The molecule has 0 saturated carbocycles. The van der Waals surface area contributed by atoms with Crippen LogP contribution in [0.15, 0.2) is 97.1 Å². The lowest BCUT2D eigenvalue weighted by molar-refractivity contribution is 0.915. The third-order valence-electron chi connectivity index (χ3n) is 6.69. The minimum Gasteiger partial charge on any atom is -0.377 e. The van der Waals surface area contributed by atoms with Crippen LogP contribution < -0.4 is 10.2 Å². The van der Waals surface area contributed by atoms with E-state index in [9.17, 15) is 0 Å². The van der Waals surface area contributed by atoms with E-state index in [-0.39, 0.29) is 6.04 Å². The van der Waals surface area contributed by atoms with Crippen LogP contribution in [0.3, 0.4) is 0 Å². The molecule has 176 valence electrons. The number of fused-ring (bicyclic) bond motifs is 1. The highest BCUT2D eigenvalue weighted by atomic mass is 35.5. The van der Waals surface area contributed by atoms with Crippen molar-refractivity contribution in [2.45, 2.75) is 13.0 Å². The maximum Gasteiger partial charge on any atom is 0.0795 e. The fourth-order valence-electron chi connectivity index (χ4n) is 5.08. The zero-order valence-corrected chi connectivity index (χ0v) is 21.3. The third kappa shape index (κ3) is 4.28. The van der Waals surface area contributed by atoms with Gasteiger partial charge >= 0.3 is 0 Å². The summed E-state index contributed by atoms with van der Waals surface area (Å²) >= 11 is 6.65. The van der Waals surface area contributed by atoms with Crippen LogP contribution in [0.25, 0.3) is 22.2 Å². The Hall–Kier alpha value is -3.69. The van der Waals surface area contributed by atoms with Gasteiger partial charge < -0.3 is 14.8 Å². The van der Waals surface area contributed by atoms with E-state index in [1.165, 1.54) is 44.5 Å². The van der Waals surface area contributed by atoms with Gasteiger partial charge in [-0.3, -0.25) is 0 Å². The standard InChI is InChI=1S/C31H30ClN3/c1-21-20-23(18-19-27(21)34(2)3)30(33-26-16-10-9-15-25(26)32)29-24-14-8-11-17-28(24)35(4)31(29)22-12-6-5-7-13-22/h5-20,30,33H,1-4H3. The molecule has 0 saturated heterocycles. The van der Waals surface area contributed by atoms with E-state index in [4.69, 9.17) is 11.6 Å². The summed E-state index contributed by atoms with van der Waals surface area (Å²) in [7, 11) is 6.32. The Morgan fingerprint density at radius 2 is 1.51 bits per heavy atom. The Kier molecular flexibility index (Phi) is 6.27. The van der Waals surface area contributed by atoms with Gasteiger partial charge in [-0.25, -0.2) is 0 Å². The van der Waals surface area contributed by atoms with Gasteiger partial charge in [-0.15, -0.1) is 0 Å². The van der Waals surface area contributed by atoms with Gasteiger partial charge in [-0.1, -0.05) is 84.4 Å². The number of nitrogens with zero attached hydrogens (tertiary/aromatic N) is 2. The number of aryl methyl sites for hydroxylation is 2. The molecule has 1 aromatic heterocycles. The van der Waals surface area contributed by atoms with Crippen LogP contribution in [0, 0.1) is 6.92 Å². The average Bonchev–Trinajstić information content (AvgIpc) is 3.16. The molecule has 0 aliphatic rings. The molecule has 1 heterocycles. The second-order valence-corrected chi connectivity index (χ2v) is 9.61. The number of nitrogens with one attached hydrogen (secondary N) is 1. The molecule has 1 atom stereocenters. The van der Waals surface area contributed by atoms with E-state index in [0.29, 0.717) is 5.02 Å². The monoisotopic (exact) mass is 479 g/mol. The van der Waals surface area contributed by atoms with Crippen LogP contribution in [0.5, 0.6) is 0 Å². The van der Waals surface area contributed by atoms with Gasteiger partial charge in [0, 0.05) is 43.3 Å². The number of hydrogen-bond donors (Lipinski definition) is 1. The minimum absolute atomic E-state index is 0.105. The van der Waals surface area contributed by atoms with Gasteiger partial charge in [-0.05, 0) is 47.9 Å². The van der Waals surface area contributed by atoms with Crippen molar-refractivity contribution in [2.24, 2.45) is 7.05 Å². The van der Waals surface area contributed by atoms with Crippen LogP contribution in [-0.2, 0) is 7.05 Å². The number of hydrogen-bond acceptors (Lipinski definition) is 2. The number of benzene rings is 4. The highest BCUT2D eigenvalue weighted by molar-refractivity contribution is 6.33. The van der Waals surface area contributed by atoms with E-state index in [1.54, 1.807) is 0 Å². The fraction of sp³-hybridized carbons (Fsp3) is 0.161. The molecule has 4 aromatic carbocycles. The molecule has 5 rings (SSSR count). The van der Waals surface area contributed by atoms with Crippen LogP contribution in [-0.4, -0.2) is 18.7 Å². The minimum atomic E-state index is -0.105. The summed E-state index contributed by atoms with van der Waals surface area (Å²) < 4.78 is 2.31. The summed E-state index contributed by atoms with van der Waals surface area (Å²) in [6.45, 7) is 2.17. The van der Waals surface area contributed by atoms with Crippen molar-refractivity contribution in [1.29, 1.82) is 0 Å². The number of aromatic nitrogens is 1. The molecule has 0 bridgehead atoms. The summed E-state index contributed by atoms with van der Waals surface area (Å²) in [4.78, 5) is 2.16. The molecule has 35 heavy (non-hydrogen) atoms. The number of rotatable bonds is 6. The van der Waals surface area contributed by atoms with Crippen molar-refractivity contribution in [1.82, 2.24) is 4.57 Å². The zero-order valence-electron chi connectivity index (χ0n) is 20.6. The molecule has 0 aliphatic heterocycles. The Labute approximate surface area is 212 Å². The molecule has 5 aromatic rings. The highest BCUT2D eigenvalue weighted by Gasteiger charge is 2.26. The average molecular weight is 480 g/mol. The molecule has 0 amide bonds.